The number of urea groups is 1. The summed E-state index contributed by atoms with van der Waals surface area (Å²) < 4.78 is 0. The fraction of sp³-hybridized carbons (Fsp3) is 0.429. The molecule has 1 aromatic carbocycles. The summed E-state index contributed by atoms with van der Waals surface area (Å²) in [6.45, 7) is 2.75. The maximum absolute atomic E-state index is 12.4. The first-order valence-electron chi connectivity index (χ1n) is 6.39. The maximum atomic E-state index is 12.4. The predicted octanol–water partition coefficient (Wildman–Crippen LogP) is 2.43. The van der Waals surface area contributed by atoms with Crippen LogP contribution in [0.3, 0.4) is 0 Å². The predicted molar refractivity (Wildman–Crippen MR) is 72.6 cm³/mol. The van der Waals surface area contributed by atoms with Crippen LogP contribution in [0.5, 0.6) is 0 Å². The number of anilines is 1. The fourth-order valence-corrected chi connectivity index (χ4v) is 2.46. The highest BCUT2D eigenvalue weighted by molar-refractivity contribution is 6.01. The van der Waals surface area contributed by atoms with Gasteiger partial charge in [0.15, 0.2) is 0 Å². The molecule has 1 fully saturated rings. The van der Waals surface area contributed by atoms with Gasteiger partial charge in [-0.15, -0.1) is 0 Å². The first kappa shape index (κ1) is 13.4. The molecule has 1 N–H and O–H groups in total. The fourth-order valence-electron chi connectivity index (χ4n) is 2.46. The van der Waals surface area contributed by atoms with Crippen molar-refractivity contribution >= 4 is 17.7 Å². The van der Waals surface area contributed by atoms with E-state index in [9.17, 15) is 9.59 Å². The van der Waals surface area contributed by atoms with E-state index in [0.29, 0.717) is 5.69 Å². The molecular formula is C14H18N2O3. The van der Waals surface area contributed by atoms with Crippen LogP contribution in [-0.2, 0) is 0 Å². The summed E-state index contributed by atoms with van der Waals surface area (Å²) in [6.07, 6.45) is 2.00. The number of benzene rings is 1. The number of carboxylic acids is 1. The number of amides is 2. The lowest BCUT2D eigenvalue weighted by atomic mass is 10.1. The SMILES string of the molecule is CC1CCCN1C(=O)N(C)c1ccccc1C(=O)O. The van der Waals surface area contributed by atoms with Crippen LogP contribution < -0.4 is 4.90 Å². The lowest BCUT2D eigenvalue weighted by Gasteiger charge is -2.28. The number of aromatic carboxylic acids is 1. The molecule has 1 aromatic rings. The van der Waals surface area contributed by atoms with Crippen molar-refractivity contribution in [2.75, 3.05) is 18.5 Å². The van der Waals surface area contributed by atoms with Crippen LogP contribution >= 0.6 is 0 Å². The third-order valence-electron chi connectivity index (χ3n) is 3.58. The van der Waals surface area contributed by atoms with E-state index in [1.54, 1.807) is 30.1 Å². The Kier molecular flexibility index (Phi) is 3.74. The number of nitrogens with zero attached hydrogens (tertiary/aromatic N) is 2. The normalized spacial score (nSPS) is 18.4. The van der Waals surface area contributed by atoms with Crippen molar-refractivity contribution in [2.24, 2.45) is 0 Å². The summed E-state index contributed by atoms with van der Waals surface area (Å²) in [5.74, 6) is -1.02. The number of likely N-dealkylation sites (tertiary alicyclic amines) is 1. The van der Waals surface area contributed by atoms with E-state index in [4.69, 9.17) is 5.11 Å². The summed E-state index contributed by atoms with van der Waals surface area (Å²) >= 11 is 0. The number of carbonyl (C=O) groups excluding carboxylic acids is 1. The third-order valence-corrected chi connectivity index (χ3v) is 3.58. The molecule has 0 saturated carbocycles. The van der Waals surface area contributed by atoms with Crippen LogP contribution in [0, 0.1) is 0 Å². The van der Waals surface area contributed by atoms with Gasteiger partial charge in [0.1, 0.15) is 0 Å². The second-order valence-corrected chi connectivity index (χ2v) is 4.85. The van der Waals surface area contributed by atoms with Gasteiger partial charge in [0.2, 0.25) is 0 Å². The standard InChI is InChI=1S/C14H18N2O3/c1-10-6-5-9-16(10)14(19)15(2)12-8-4-3-7-11(12)13(17)18/h3-4,7-8,10H,5-6,9H2,1-2H3,(H,17,18). The average molecular weight is 262 g/mol. The zero-order valence-electron chi connectivity index (χ0n) is 11.2. The maximum Gasteiger partial charge on any atom is 0.337 e. The minimum atomic E-state index is -1.02. The van der Waals surface area contributed by atoms with Crippen molar-refractivity contribution in [3.8, 4) is 0 Å². The van der Waals surface area contributed by atoms with Crippen LogP contribution in [0.1, 0.15) is 30.1 Å². The zero-order chi connectivity index (χ0) is 14.0. The molecule has 1 unspecified atom stereocenters. The Balaban J connectivity index is 2.26. The van der Waals surface area contributed by atoms with Crippen molar-refractivity contribution in [2.45, 2.75) is 25.8 Å². The Morgan fingerprint density at radius 2 is 2.05 bits per heavy atom. The largest absolute Gasteiger partial charge is 0.478 e. The molecule has 1 aliphatic rings. The van der Waals surface area contributed by atoms with Gasteiger partial charge in [-0.05, 0) is 31.9 Å². The Morgan fingerprint density at radius 1 is 1.37 bits per heavy atom. The Morgan fingerprint density at radius 3 is 2.63 bits per heavy atom. The van der Waals surface area contributed by atoms with Crippen LogP contribution in [0.4, 0.5) is 10.5 Å². The smallest absolute Gasteiger partial charge is 0.337 e. The highest BCUT2D eigenvalue weighted by atomic mass is 16.4. The number of hydrogen-bond donors (Lipinski definition) is 1. The van der Waals surface area contributed by atoms with Gasteiger partial charge in [-0.25, -0.2) is 9.59 Å². The number of hydrogen-bond acceptors (Lipinski definition) is 2. The summed E-state index contributed by atoms with van der Waals surface area (Å²) in [4.78, 5) is 26.8. The Bertz CT molecular complexity index is 501. The molecule has 0 bridgehead atoms. The molecule has 2 rings (SSSR count). The van der Waals surface area contributed by atoms with Crippen molar-refractivity contribution < 1.29 is 14.7 Å². The monoisotopic (exact) mass is 262 g/mol. The van der Waals surface area contributed by atoms with E-state index in [1.165, 1.54) is 11.0 Å². The lowest BCUT2D eigenvalue weighted by molar-refractivity contribution is 0.0697. The molecule has 0 radical (unpaired) electrons. The van der Waals surface area contributed by atoms with Crippen molar-refractivity contribution in [1.29, 1.82) is 0 Å². The third kappa shape index (κ3) is 2.54. The molecule has 1 saturated heterocycles. The first-order chi connectivity index (χ1) is 9.02. The number of rotatable bonds is 2. The highest BCUT2D eigenvalue weighted by Crippen LogP contribution is 2.24. The molecule has 102 valence electrons. The van der Waals surface area contributed by atoms with E-state index < -0.39 is 5.97 Å². The quantitative estimate of drug-likeness (QED) is 0.890. The van der Waals surface area contributed by atoms with E-state index in [-0.39, 0.29) is 17.6 Å². The van der Waals surface area contributed by atoms with E-state index >= 15 is 0 Å². The summed E-state index contributed by atoms with van der Waals surface area (Å²) in [6, 6.07) is 6.63. The number of para-hydroxylation sites is 1. The molecule has 1 heterocycles. The topological polar surface area (TPSA) is 60.9 Å². The second kappa shape index (κ2) is 5.30. The van der Waals surface area contributed by atoms with Crippen molar-refractivity contribution in [1.82, 2.24) is 4.90 Å². The van der Waals surface area contributed by atoms with Crippen molar-refractivity contribution in [3.63, 3.8) is 0 Å². The first-order valence-corrected chi connectivity index (χ1v) is 6.39. The summed E-state index contributed by atoms with van der Waals surface area (Å²) in [5, 5.41) is 9.16. The van der Waals surface area contributed by atoms with Gasteiger partial charge in [0.05, 0.1) is 11.3 Å². The summed E-state index contributed by atoms with van der Waals surface area (Å²) in [7, 11) is 1.62. The van der Waals surface area contributed by atoms with E-state index in [1.807, 2.05) is 6.92 Å². The molecule has 0 aliphatic carbocycles. The van der Waals surface area contributed by atoms with Gasteiger partial charge in [-0.2, -0.15) is 0 Å². The zero-order valence-corrected chi connectivity index (χ0v) is 11.2. The molecule has 19 heavy (non-hydrogen) atoms. The molecule has 5 nitrogen and oxygen atoms in total. The number of carbonyl (C=O) groups is 2. The molecule has 0 aromatic heterocycles. The van der Waals surface area contributed by atoms with E-state index in [0.717, 1.165) is 19.4 Å². The van der Waals surface area contributed by atoms with E-state index in [2.05, 4.69) is 0 Å². The van der Waals surface area contributed by atoms with Gasteiger partial charge in [0, 0.05) is 19.6 Å². The molecular weight excluding hydrogens is 244 g/mol. The van der Waals surface area contributed by atoms with Crippen LogP contribution in [0.2, 0.25) is 0 Å². The molecule has 0 spiro atoms. The lowest BCUT2D eigenvalue weighted by Crippen LogP contribution is -2.43. The average Bonchev–Trinajstić information content (AvgIpc) is 2.83. The summed E-state index contributed by atoms with van der Waals surface area (Å²) in [5.41, 5.74) is 0.573. The van der Waals surface area contributed by atoms with Gasteiger partial charge in [-0.3, -0.25) is 4.90 Å². The van der Waals surface area contributed by atoms with Crippen LogP contribution in [0.25, 0.3) is 0 Å². The van der Waals surface area contributed by atoms with Gasteiger partial charge >= 0.3 is 12.0 Å². The van der Waals surface area contributed by atoms with Crippen LogP contribution in [0.15, 0.2) is 24.3 Å². The Labute approximate surface area is 112 Å². The van der Waals surface area contributed by atoms with Gasteiger partial charge in [0.25, 0.3) is 0 Å². The molecule has 5 heteroatoms. The number of carboxylic acid groups (broad SMARTS) is 1. The van der Waals surface area contributed by atoms with Crippen LogP contribution in [-0.4, -0.2) is 41.6 Å². The molecule has 2 amide bonds. The Hall–Kier alpha value is -2.04. The minimum absolute atomic E-state index is 0.140. The molecule has 1 aliphatic heterocycles. The highest BCUT2D eigenvalue weighted by Gasteiger charge is 2.29. The minimum Gasteiger partial charge on any atom is -0.478 e. The van der Waals surface area contributed by atoms with Gasteiger partial charge in [-0.1, -0.05) is 12.1 Å². The van der Waals surface area contributed by atoms with Gasteiger partial charge < -0.3 is 10.0 Å². The second-order valence-electron chi connectivity index (χ2n) is 4.85. The van der Waals surface area contributed by atoms with Crippen molar-refractivity contribution in [3.05, 3.63) is 29.8 Å². The molecule has 1 atom stereocenters.